The number of aliphatic hydroxyl groups is 1. The van der Waals surface area contributed by atoms with Crippen LogP contribution in [0.3, 0.4) is 0 Å². The second kappa shape index (κ2) is 7.91. The van der Waals surface area contributed by atoms with E-state index in [0.717, 1.165) is 12.1 Å². The van der Waals surface area contributed by atoms with E-state index in [4.69, 9.17) is 0 Å². The first-order valence-corrected chi connectivity index (χ1v) is 9.25. The minimum Gasteiger partial charge on any atom is -0.396 e. The normalized spacial score (nSPS) is 24.6. The molecule has 29 heavy (non-hydrogen) atoms. The minimum atomic E-state index is -4.55. The lowest BCUT2D eigenvalue weighted by molar-refractivity contribution is -0.137. The summed E-state index contributed by atoms with van der Waals surface area (Å²) in [5, 5.41) is 12.4. The number of nitrogens with zero attached hydrogens (tertiary/aromatic N) is 2. The third-order valence-electron chi connectivity index (χ3n) is 5.75. The molecule has 0 bridgehead atoms. The number of likely N-dealkylation sites (tertiary alicyclic amines) is 2. The molecule has 2 fully saturated rings. The van der Waals surface area contributed by atoms with Crippen LogP contribution in [0.15, 0.2) is 18.2 Å². The first-order chi connectivity index (χ1) is 13.5. The summed E-state index contributed by atoms with van der Waals surface area (Å²) >= 11 is 0. The zero-order valence-corrected chi connectivity index (χ0v) is 15.9. The number of rotatable bonds is 5. The van der Waals surface area contributed by atoms with Gasteiger partial charge >= 0.3 is 6.18 Å². The summed E-state index contributed by atoms with van der Waals surface area (Å²) in [5.74, 6) is -1.36. The zero-order chi connectivity index (χ0) is 21.4. The summed E-state index contributed by atoms with van der Waals surface area (Å²) in [6, 6.07) is 2.35. The van der Waals surface area contributed by atoms with Crippen LogP contribution in [0.2, 0.25) is 0 Å². The minimum absolute atomic E-state index is 0.00611. The van der Waals surface area contributed by atoms with Crippen molar-refractivity contribution in [3.8, 4) is 0 Å². The Hall–Kier alpha value is -2.20. The van der Waals surface area contributed by atoms with Gasteiger partial charge in [-0.1, -0.05) is 0 Å². The van der Waals surface area contributed by atoms with Gasteiger partial charge < -0.3 is 15.3 Å². The van der Waals surface area contributed by atoms with Gasteiger partial charge in [0.05, 0.1) is 18.7 Å². The van der Waals surface area contributed by atoms with Crippen molar-refractivity contribution in [1.29, 1.82) is 0 Å². The topological polar surface area (TPSA) is 72.9 Å². The second-order valence-electron chi connectivity index (χ2n) is 7.87. The highest BCUT2D eigenvalue weighted by Crippen LogP contribution is 2.43. The van der Waals surface area contributed by atoms with Crippen LogP contribution in [-0.2, 0) is 22.3 Å². The highest BCUT2D eigenvalue weighted by molar-refractivity contribution is 5.84. The fourth-order valence-electron chi connectivity index (χ4n) is 4.25. The molecule has 3 rings (SSSR count). The molecule has 6 nitrogen and oxygen atoms in total. The predicted molar refractivity (Wildman–Crippen MR) is 95.0 cm³/mol. The number of alkyl halides is 3. The highest BCUT2D eigenvalue weighted by atomic mass is 19.4. The van der Waals surface area contributed by atoms with E-state index in [9.17, 15) is 32.3 Å². The maximum atomic E-state index is 14.1. The molecule has 1 aromatic carbocycles. The molecule has 2 heterocycles. The van der Waals surface area contributed by atoms with Crippen LogP contribution < -0.4 is 5.32 Å². The Labute approximate surface area is 165 Å². The molecule has 0 aromatic heterocycles. The van der Waals surface area contributed by atoms with Crippen LogP contribution in [0.1, 0.15) is 18.1 Å². The first-order valence-electron chi connectivity index (χ1n) is 9.25. The Balaban J connectivity index is 1.67. The van der Waals surface area contributed by atoms with Gasteiger partial charge in [0.25, 0.3) is 0 Å². The molecule has 1 aromatic rings. The first kappa shape index (κ1) is 21.5. The highest BCUT2D eigenvalue weighted by Gasteiger charge is 2.53. The maximum absolute atomic E-state index is 14.1. The average molecular weight is 417 g/mol. The molecule has 2 N–H and O–H groups in total. The van der Waals surface area contributed by atoms with E-state index in [-0.39, 0.29) is 49.5 Å². The van der Waals surface area contributed by atoms with Crippen molar-refractivity contribution in [2.45, 2.75) is 19.6 Å². The molecule has 2 saturated heterocycles. The Bertz CT molecular complexity index is 801. The van der Waals surface area contributed by atoms with Crippen LogP contribution >= 0.6 is 0 Å². The molecule has 0 aliphatic carbocycles. The quantitative estimate of drug-likeness (QED) is 0.707. The van der Waals surface area contributed by atoms with Crippen LogP contribution in [0.5, 0.6) is 0 Å². The van der Waals surface area contributed by atoms with Crippen molar-refractivity contribution in [2.24, 2.45) is 11.3 Å². The molecule has 0 saturated carbocycles. The fourth-order valence-corrected chi connectivity index (χ4v) is 4.25. The zero-order valence-electron chi connectivity index (χ0n) is 15.9. The van der Waals surface area contributed by atoms with Gasteiger partial charge in [-0.3, -0.25) is 14.5 Å². The van der Waals surface area contributed by atoms with Gasteiger partial charge in [-0.2, -0.15) is 13.2 Å². The number of fused-ring (bicyclic) bond motifs is 1. The van der Waals surface area contributed by atoms with Crippen LogP contribution in [0.25, 0.3) is 0 Å². The number of halogens is 4. The average Bonchev–Trinajstić information content (AvgIpc) is 3.14. The second-order valence-corrected chi connectivity index (χ2v) is 7.87. The van der Waals surface area contributed by atoms with Gasteiger partial charge in [0.15, 0.2) is 0 Å². The third kappa shape index (κ3) is 4.53. The summed E-state index contributed by atoms with van der Waals surface area (Å²) in [6.45, 7) is 2.42. The molecule has 0 spiro atoms. The Kier molecular flexibility index (Phi) is 5.86. The van der Waals surface area contributed by atoms with Gasteiger partial charge in [0.1, 0.15) is 5.82 Å². The molecule has 2 unspecified atom stereocenters. The molecule has 2 aliphatic rings. The number of benzene rings is 1. The smallest absolute Gasteiger partial charge is 0.396 e. The van der Waals surface area contributed by atoms with Crippen molar-refractivity contribution in [2.75, 3.05) is 39.3 Å². The Morgan fingerprint density at radius 1 is 1.28 bits per heavy atom. The number of hydrogen-bond donors (Lipinski definition) is 2. The summed E-state index contributed by atoms with van der Waals surface area (Å²) in [5.41, 5.74) is -1.56. The third-order valence-corrected chi connectivity index (χ3v) is 5.75. The summed E-state index contributed by atoms with van der Waals surface area (Å²) in [7, 11) is 0. The largest absolute Gasteiger partial charge is 0.416 e. The maximum Gasteiger partial charge on any atom is 0.416 e. The molecule has 10 heteroatoms. The molecule has 160 valence electrons. The number of carbonyl (C=O) groups is 2. The number of hydrogen-bond acceptors (Lipinski definition) is 4. The molecule has 0 radical (unpaired) electrons. The van der Waals surface area contributed by atoms with Crippen molar-refractivity contribution < 1.29 is 32.3 Å². The van der Waals surface area contributed by atoms with Crippen molar-refractivity contribution in [1.82, 2.24) is 15.1 Å². The predicted octanol–water partition coefficient (Wildman–Crippen LogP) is 1.23. The molecule has 2 amide bonds. The summed E-state index contributed by atoms with van der Waals surface area (Å²) in [4.78, 5) is 26.6. The standard InChI is InChI=1S/C19H23F4N3O3/c1-12(28)24-5-17(29)26-8-15-7-25(9-18(15,10-26)11-27)6-13-4-14(19(21,22)23)2-3-16(13)20/h2-4,15,27H,5-11H2,1H3,(H,24,28). The van der Waals surface area contributed by atoms with E-state index >= 15 is 0 Å². The fraction of sp³-hybridized carbons (Fsp3) is 0.579. The monoisotopic (exact) mass is 417 g/mol. The summed E-state index contributed by atoms with van der Waals surface area (Å²) in [6.07, 6.45) is -4.55. The molecule has 2 atom stereocenters. The van der Waals surface area contributed by atoms with Gasteiger partial charge in [0.2, 0.25) is 11.8 Å². The van der Waals surface area contributed by atoms with Crippen molar-refractivity contribution >= 4 is 11.8 Å². The van der Waals surface area contributed by atoms with Crippen LogP contribution in [0, 0.1) is 17.2 Å². The van der Waals surface area contributed by atoms with Crippen LogP contribution in [-0.4, -0.2) is 66.1 Å². The van der Waals surface area contributed by atoms with Gasteiger partial charge in [-0.15, -0.1) is 0 Å². The SMILES string of the molecule is CC(=O)NCC(=O)N1CC2CN(Cc3cc(C(F)(F)F)ccc3F)CC2(CO)C1. The van der Waals surface area contributed by atoms with E-state index in [0.29, 0.717) is 25.7 Å². The molecule has 2 aliphatic heterocycles. The van der Waals surface area contributed by atoms with Gasteiger partial charge in [0, 0.05) is 50.6 Å². The van der Waals surface area contributed by atoms with E-state index in [1.165, 1.54) is 6.92 Å². The van der Waals surface area contributed by atoms with E-state index in [1.807, 2.05) is 4.90 Å². The molecular weight excluding hydrogens is 394 g/mol. The van der Waals surface area contributed by atoms with E-state index < -0.39 is 23.0 Å². The van der Waals surface area contributed by atoms with Crippen LogP contribution in [0.4, 0.5) is 17.6 Å². The lowest BCUT2D eigenvalue weighted by Crippen LogP contribution is -2.42. The lowest BCUT2D eigenvalue weighted by Gasteiger charge is -2.27. The summed E-state index contributed by atoms with van der Waals surface area (Å²) < 4.78 is 52.8. The van der Waals surface area contributed by atoms with Crippen molar-refractivity contribution in [3.05, 3.63) is 35.1 Å². The van der Waals surface area contributed by atoms with Crippen molar-refractivity contribution in [3.63, 3.8) is 0 Å². The molecular formula is C19H23F4N3O3. The number of nitrogens with one attached hydrogen (secondary N) is 1. The number of aliphatic hydroxyl groups excluding tert-OH is 1. The van der Waals surface area contributed by atoms with E-state index in [1.54, 1.807) is 4.90 Å². The van der Waals surface area contributed by atoms with Gasteiger partial charge in [-0.25, -0.2) is 4.39 Å². The van der Waals surface area contributed by atoms with E-state index in [2.05, 4.69) is 5.32 Å². The number of carbonyl (C=O) groups excluding carboxylic acids is 2. The Morgan fingerprint density at radius 2 is 2.00 bits per heavy atom. The Morgan fingerprint density at radius 3 is 2.59 bits per heavy atom. The lowest BCUT2D eigenvalue weighted by atomic mass is 9.82. The van der Waals surface area contributed by atoms with Gasteiger partial charge in [-0.05, 0) is 24.1 Å². The number of amides is 2.